The zero-order valence-corrected chi connectivity index (χ0v) is 6.84. The second kappa shape index (κ2) is 2.78. The molecule has 2 nitrogen and oxygen atoms in total. The zero-order valence-electron chi connectivity index (χ0n) is 6.84. The second-order valence-electron chi connectivity index (χ2n) is 3.35. The van der Waals surface area contributed by atoms with Gasteiger partial charge in [0.1, 0.15) is 5.78 Å². The van der Waals surface area contributed by atoms with Crippen LogP contribution in [-0.2, 0) is 4.79 Å². The number of carbonyl (C=O) groups excluding carboxylic acids is 1. The number of hydrogen-bond acceptors (Lipinski definition) is 2. The molecule has 62 valence electrons. The highest BCUT2D eigenvalue weighted by atomic mass is 16.3. The molecule has 1 N–H and O–H groups in total. The number of hydrogen-bond donors (Lipinski definition) is 1. The molecule has 0 heterocycles. The maximum Gasteiger partial charge on any atom is 0.136 e. The van der Waals surface area contributed by atoms with Crippen molar-refractivity contribution >= 4 is 5.78 Å². The van der Waals surface area contributed by atoms with Crippen molar-refractivity contribution in [2.45, 2.75) is 31.8 Å². The van der Waals surface area contributed by atoms with Crippen LogP contribution < -0.4 is 0 Å². The Morgan fingerprint density at radius 1 is 1.82 bits per heavy atom. The lowest BCUT2D eigenvalue weighted by molar-refractivity contribution is -0.128. The fourth-order valence-electron chi connectivity index (χ4n) is 1.48. The van der Waals surface area contributed by atoms with Crippen LogP contribution in [0.15, 0.2) is 12.7 Å². The lowest BCUT2D eigenvalue weighted by atomic mass is 9.76. The quantitative estimate of drug-likeness (QED) is 0.578. The van der Waals surface area contributed by atoms with Gasteiger partial charge in [0.15, 0.2) is 0 Å². The van der Waals surface area contributed by atoms with Crippen LogP contribution in [0.4, 0.5) is 0 Å². The molecule has 0 amide bonds. The Balaban J connectivity index is 2.75. The molecular formula is C9H14O2. The van der Waals surface area contributed by atoms with Gasteiger partial charge in [-0.25, -0.2) is 0 Å². The second-order valence-corrected chi connectivity index (χ2v) is 3.35. The van der Waals surface area contributed by atoms with Gasteiger partial charge in [-0.15, -0.1) is 6.58 Å². The van der Waals surface area contributed by atoms with Crippen molar-refractivity contribution in [2.75, 3.05) is 0 Å². The summed E-state index contributed by atoms with van der Waals surface area (Å²) >= 11 is 0. The summed E-state index contributed by atoms with van der Waals surface area (Å²) in [7, 11) is 0. The topological polar surface area (TPSA) is 37.3 Å². The van der Waals surface area contributed by atoms with Gasteiger partial charge in [-0.3, -0.25) is 4.79 Å². The Labute approximate surface area is 66.9 Å². The highest BCUT2D eigenvalue weighted by Gasteiger charge is 2.36. The predicted molar refractivity (Wildman–Crippen MR) is 43.2 cm³/mol. The van der Waals surface area contributed by atoms with Crippen molar-refractivity contribution in [3.63, 3.8) is 0 Å². The summed E-state index contributed by atoms with van der Waals surface area (Å²) in [5.41, 5.74) is -0.935. The van der Waals surface area contributed by atoms with Crippen LogP contribution >= 0.6 is 0 Å². The minimum Gasteiger partial charge on any atom is -0.385 e. The molecule has 1 aliphatic rings. The Kier molecular flexibility index (Phi) is 2.14. The van der Waals surface area contributed by atoms with E-state index in [1.807, 2.05) is 6.92 Å². The predicted octanol–water partition coefficient (Wildman–Crippen LogP) is 1.29. The first kappa shape index (κ1) is 8.47. The van der Waals surface area contributed by atoms with Gasteiger partial charge in [-0.1, -0.05) is 13.0 Å². The van der Waals surface area contributed by atoms with Crippen LogP contribution in [0.1, 0.15) is 26.2 Å². The summed E-state index contributed by atoms with van der Waals surface area (Å²) < 4.78 is 0. The third-order valence-corrected chi connectivity index (χ3v) is 2.54. The molecule has 0 aromatic heterocycles. The fourth-order valence-corrected chi connectivity index (χ4v) is 1.48. The van der Waals surface area contributed by atoms with E-state index in [1.165, 1.54) is 6.08 Å². The highest BCUT2D eigenvalue weighted by Crippen LogP contribution is 2.32. The van der Waals surface area contributed by atoms with Crippen LogP contribution in [0.25, 0.3) is 0 Å². The van der Waals surface area contributed by atoms with Crippen molar-refractivity contribution < 1.29 is 9.90 Å². The van der Waals surface area contributed by atoms with E-state index < -0.39 is 5.60 Å². The highest BCUT2D eigenvalue weighted by molar-refractivity contribution is 5.80. The molecule has 2 unspecified atom stereocenters. The fraction of sp³-hybridized carbons (Fsp3) is 0.667. The van der Waals surface area contributed by atoms with E-state index in [9.17, 15) is 9.90 Å². The molecule has 1 aliphatic carbocycles. The van der Waals surface area contributed by atoms with Crippen molar-refractivity contribution in [2.24, 2.45) is 5.92 Å². The molecule has 1 fully saturated rings. The first-order valence-electron chi connectivity index (χ1n) is 3.96. The largest absolute Gasteiger partial charge is 0.385 e. The lowest BCUT2D eigenvalue weighted by Gasteiger charge is -2.34. The lowest BCUT2D eigenvalue weighted by Crippen LogP contribution is -2.40. The van der Waals surface area contributed by atoms with Gasteiger partial charge in [0.25, 0.3) is 0 Å². The molecule has 11 heavy (non-hydrogen) atoms. The van der Waals surface area contributed by atoms with Crippen LogP contribution in [-0.4, -0.2) is 16.5 Å². The number of Topliss-reactive ketones (excluding diaryl/α,β-unsaturated/α-hetero) is 1. The first-order valence-corrected chi connectivity index (χ1v) is 3.96. The van der Waals surface area contributed by atoms with Crippen LogP contribution in [0, 0.1) is 5.92 Å². The Hall–Kier alpha value is -0.630. The van der Waals surface area contributed by atoms with Gasteiger partial charge in [0.2, 0.25) is 0 Å². The average molecular weight is 154 g/mol. The van der Waals surface area contributed by atoms with Crippen LogP contribution in [0.5, 0.6) is 0 Å². The summed E-state index contributed by atoms with van der Waals surface area (Å²) in [5, 5.41) is 9.78. The van der Waals surface area contributed by atoms with E-state index in [-0.39, 0.29) is 18.1 Å². The zero-order chi connectivity index (χ0) is 8.48. The molecule has 1 saturated carbocycles. The smallest absolute Gasteiger partial charge is 0.136 e. The van der Waals surface area contributed by atoms with E-state index in [4.69, 9.17) is 0 Å². The summed E-state index contributed by atoms with van der Waals surface area (Å²) in [6, 6.07) is 0. The Bertz CT molecular complexity index is 186. The molecule has 2 heteroatoms. The summed E-state index contributed by atoms with van der Waals surface area (Å²) in [4.78, 5) is 11.0. The third-order valence-electron chi connectivity index (χ3n) is 2.54. The number of ketones is 1. The van der Waals surface area contributed by atoms with Gasteiger partial charge in [0, 0.05) is 12.8 Å². The van der Waals surface area contributed by atoms with E-state index in [0.29, 0.717) is 6.42 Å². The SMILES string of the molecule is C=CC1(O)CC(=O)CCC1C. The minimum atomic E-state index is -0.935. The molecule has 0 bridgehead atoms. The Morgan fingerprint density at radius 2 is 2.45 bits per heavy atom. The first-order chi connectivity index (χ1) is 5.08. The molecule has 2 atom stereocenters. The van der Waals surface area contributed by atoms with Crippen molar-refractivity contribution in [1.29, 1.82) is 0 Å². The van der Waals surface area contributed by atoms with Crippen LogP contribution in [0.2, 0.25) is 0 Å². The van der Waals surface area contributed by atoms with Gasteiger partial charge >= 0.3 is 0 Å². The minimum absolute atomic E-state index is 0.144. The van der Waals surface area contributed by atoms with E-state index in [0.717, 1.165) is 6.42 Å². The number of aliphatic hydroxyl groups is 1. The van der Waals surface area contributed by atoms with E-state index in [1.54, 1.807) is 0 Å². The summed E-state index contributed by atoms with van der Waals surface area (Å²) in [5.74, 6) is 0.309. The summed E-state index contributed by atoms with van der Waals surface area (Å²) in [6.07, 6.45) is 3.13. The summed E-state index contributed by atoms with van der Waals surface area (Å²) in [6.45, 7) is 5.49. The molecule has 0 spiro atoms. The van der Waals surface area contributed by atoms with Gasteiger partial charge in [-0.2, -0.15) is 0 Å². The number of rotatable bonds is 1. The molecule has 0 aromatic carbocycles. The van der Waals surface area contributed by atoms with E-state index in [2.05, 4.69) is 6.58 Å². The average Bonchev–Trinajstić information content (AvgIpc) is 1.98. The van der Waals surface area contributed by atoms with Gasteiger partial charge in [-0.05, 0) is 12.3 Å². The Morgan fingerprint density at radius 3 is 2.91 bits per heavy atom. The molecule has 0 radical (unpaired) electrons. The third kappa shape index (κ3) is 1.51. The maximum absolute atomic E-state index is 11.0. The molecule has 0 aliphatic heterocycles. The molecular weight excluding hydrogens is 140 g/mol. The number of carbonyl (C=O) groups is 1. The van der Waals surface area contributed by atoms with Crippen molar-refractivity contribution in [1.82, 2.24) is 0 Å². The molecule has 0 saturated heterocycles. The van der Waals surface area contributed by atoms with Gasteiger partial charge < -0.3 is 5.11 Å². The van der Waals surface area contributed by atoms with Gasteiger partial charge in [0.05, 0.1) is 5.60 Å². The normalized spacial score (nSPS) is 38.7. The molecule has 1 rings (SSSR count). The van der Waals surface area contributed by atoms with Crippen molar-refractivity contribution in [3.05, 3.63) is 12.7 Å². The maximum atomic E-state index is 11.0. The van der Waals surface area contributed by atoms with Crippen molar-refractivity contribution in [3.8, 4) is 0 Å². The standard InChI is InChI=1S/C9H14O2/c1-3-9(11)6-8(10)5-4-7(9)2/h3,7,11H,1,4-6H2,2H3. The monoisotopic (exact) mass is 154 g/mol. The van der Waals surface area contributed by atoms with Crippen LogP contribution in [0.3, 0.4) is 0 Å². The van der Waals surface area contributed by atoms with E-state index >= 15 is 0 Å². The molecule has 0 aromatic rings.